The number of fused-ring (bicyclic) bond motifs is 1. The molecule has 0 saturated carbocycles. The molecule has 2 unspecified atom stereocenters. The first kappa shape index (κ1) is 21.4. The number of hydrogen-bond acceptors (Lipinski definition) is 1. The molecule has 2 rings (SSSR count). The van der Waals surface area contributed by atoms with Crippen LogP contribution in [0.4, 0.5) is 0 Å². The van der Waals surface area contributed by atoms with Crippen molar-refractivity contribution in [1.82, 2.24) is 4.98 Å². The van der Waals surface area contributed by atoms with Crippen molar-refractivity contribution >= 4 is 10.9 Å². The smallest absolute Gasteiger partial charge is 0.0708 e. The van der Waals surface area contributed by atoms with Crippen LogP contribution in [-0.2, 0) is 11.8 Å². The quantitative estimate of drug-likeness (QED) is 0.479. The predicted octanol–water partition coefficient (Wildman–Crippen LogP) is 7.40. The SMILES string of the molecule is C=CCCC(C)(c1ccc2nc(C)cc(CC)c2c1)C(C)CC.CC. The number of aromatic nitrogens is 1. The number of allylic oxidation sites excluding steroid dienone is 1. The van der Waals surface area contributed by atoms with Crippen LogP contribution in [0.1, 0.15) is 77.6 Å². The zero-order chi connectivity index (χ0) is 19.0. The molecule has 25 heavy (non-hydrogen) atoms. The van der Waals surface area contributed by atoms with E-state index in [4.69, 9.17) is 4.98 Å². The average Bonchev–Trinajstić information content (AvgIpc) is 2.65. The maximum Gasteiger partial charge on any atom is 0.0708 e. The Bertz CT molecular complexity index is 686. The minimum absolute atomic E-state index is 0.188. The molecule has 0 fully saturated rings. The van der Waals surface area contributed by atoms with E-state index in [9.17, 15) is 0 Å². The van der Waals surface area contributed by atoms with Crippen molar-refractivity contribution < 1.29 is 0 Å². The van der Waals surface area contributed by atoms with Crippen LogP contribution in [0.2, 0.25) is 0 Å². The van der Waals surface area contributed by atoms with Crippen LogP contribution in [0.25, 0.3) is 10.9 Å². The lowest BCUT2D eigenvalue weighted by Crippen LogP contribution is -2.30. The highest BCUT2D eigenvalue weighted by Crippen LogP contribution is 2.39. The van der Waals surface area contributed by atoms with Gasteiger partial charge in [-0.15, -0.1) is 6.58 Å². The Labute approximate surface area is 155 Å². The fraction of sp³-hybridized carbons (Fsp3) is 0.542. The molecule has 1 aromatic heterocycles. The highest BCUT2D eigenvalue weighted by molar-refractivity contribution is 5.83. The van der Waals surface area contributed by atoms with Gasteiger partial charge in [0.15, 0.2) is 0 Å². The predicted molar refractivity (Wildman–Crippen MR) is 113 cm³/mol. The summed E-state index contributed by atoms with van der Waals surface area (Å²) in [7, 11) is 0. The van der Waals surface area contributed by atoms with Crippen LogP contribution >= 0.6 is 0 Å². The van der Waals surface area contributed by atoms with E-state index in [1.54, 1.807) is 0 Å². The van der Waals surface area contributed by atoms with Crippen LogP contribution in [0, 0.1) is 12.8 Å². The number of benzene rings is 1. The largest absolute Gasteiger partial charge is 0.253 e. The molecule has 1 nitrogen and oxygen atoms in total. The van der Waals surface area contributed by atoms with Crippen molar-refractivity contribution in [3.8, 4) is 0 Å². The zero-order valence-electron chi connectivity index (χ0n) is 17.4. The van der Waals surface area contributed by atoms with Crippen molar-refractivity contribution in [1.29, 1.82) is 0 Å². The summed E-state index contributed by atoms with van der Waals surface area (Å²) in [6.45, 7) is 19.3. The lowest BCUT2D eigenvalue weighted by Gasteiger charge is -2.36. The second-order valence-corrected chi connectivity index (χ2v) is 7.06. The molecule has 0 spiro atoms. The molecule has 2 aromatic rings. The van der Waals surface area contributed by atoms with Crippen molar-refractivity contribution in [2.45, 2.75) is 79.6 Å². The molecule has 1 heterocycles. The molecular weight excluding hydrogens is 302 g/mol. The summed E-state index contributed by atoms with van der Waals surface area (Å²) in [5.41, 5.74) is 5.28. The Morgan fingerprint density at radius 3 is 2.44 bits per heavy atom. The second kappa shape index (κ2) is 9.75. The van der Waals surface area contributed by atoms with E-state index in [0.717, 1.165) is 30.5 Å². The minimum Gasteiger partial charge on any atom is -0.253 e. The van der Waals surface area contributed by atoms with Gasteiger partial charge < -0.3 is 0 Å². The first-order valence-corrected chi connectivity index (χ1v) is 9.97. The van der Waals surface area contributed by atoms with E-state index < -0.39 is 0 Å². The van der Waals surface area contributed by atoms with Crippen LogP contribution in [0.3, 0.4) is 0 Å². The summed E-state index contributed by atoms with van der Waals surface area (Å²) < 4.78 is 0. The molecule has 0 N–H and O–H groups in total. The van der Waals surface area contributed by atoms with Crippen molar-refractivity contribution in [3.63, 3.8) is 0 Å². The van der Waals surface area contributed by atoms with Gasteiger partial charge in [-0.05, 0) is 66.8 Å². The minimum atomic E-state index is 0.188. The number of rotatable bonds is 7. The van der Waals surface area contributed by atoms with Gasteiger partial charge >= 0.3 is 0 Å². The number of pyridine rings is 1. The van der Waals surface area contributed by atoms with Gasteiger partial charge in [-0.25, -0.2) is 0 Å². The van der Waals surface area contributed by atoms with Crippen LogP contribution in [0.15, 0.2) is 36.9 Å². The topological polar surface area (TPSA) is 12.9 Å². The van der Waals surface area contributed by atoms with Crippen molar-refractivity contribution in [3.05, 3.63) is 53.7 Å². The fourth-order valence-electron chi connectivity index (χ4n) is 3.62. The highest BCUT2D eigenvalue weighted by atomic mass is 14.7. The molecule has 0 aliphatic heterocycles. The third-order valence-corrected chi connectivity index (χ3v) is 5.63. The zero-order valence-corrected chi connectivity index (χ0v) is 17.4. The summed E-state index contributed by atoms with van der Waals surface area (Å²) in [6, 6.07) is 9.14. The summed E-state index contributed by atoms with van der Waals surface area (Å²) in [4.78, 5) is 4.72. The van der Waals surface area contributed by atoms with Gasteiger partial charge in [0.25, 0.3) is 0 Å². The van der Waals surface area contributed by atoms with Gasteiger partial charge in [0.1, 0.15) is 0 Å². The molecule has 1 heteroatoms. The van der Waals surface area contributed by atoms with E-state index in [1.165, 1.54) is 22.9 Å². The molecule has 0 radical (unpaired) electrons. The van der Waals surface area contributed by atoms with Crippen LogP contribution < -0.4 is 0 Å². The highest BCUT2D eigenvalue weighted by Gasteiger charge is 2.31. The van der Waals surface area contributed by atoms with Gasteiger partial charge in [0.05, 0.1) is 5.52 Å². The third-order valence-electron chi connectivity index (χ3n) is 5.63. The van der Waals surface area contributed by atoms with E-state index in [2.05, 4.69) is 65.5 Å². The Hall–Kier alpha value is -1.63. The molecule has 0 amide bonds. The summed E-state index contributed by atoms with van der Waals surface area (Å²) in [5, 5.41) is 1.32. The Kier molecular flexibility index (Phi) is 8.35. The number of nitrogens with zero attached hydrogens (tertiary/aromatic N) is 1. The van der Waals surface area contributed by atoms with Crippen molar-refractivity contribution in [2.24, 2.45) is 5.92 Å². The number of hydrogen-bond donors (Lipinski definition) is 0. The Morgan fingerprint density at radius 1 is 1.20 bits per heavy atom. The first-order valence-electron chi connectivity index (χ1n) is 9.97. The van der Waals surface area contributed by atoms with Crippen LogP contribution in [0.5, 0.6) is 0 Å². The third kappa shape index (κ3) is 4.71. The van der Waals surface area contributed by atoms with Crippen molar-refractivity contribution in [2.75, 3.05) is 0 Å². The van der Waals surface area contributed by atoms with Gasteiger partial charge in [0.2, 0.25) is 0 Å². The van der Waals surface area contributed by atoms with E-state index >= 15 is 0 Å². The summed E-state index contributed by atoms with van der Waals surface area (Å²) in [6.07, 6.45) is 6.50. The molecular formula is C24H37N. The molecule has 0 aliphatic rings. The van der Waals surface area contributed by atoms with Gasteiger partial charge in [-0.2, -0.15) is 0 Å². The summed E-state index contributed by atoms with van der Waals surface area (Å²) in [5.74, 6) is 0.642. The lowest BCUT2D eigenvalue weighted by molar-refractivity contribution is 0.287. The average molecular weight is 340 g/mol. The second-order valence-electron chi connectivity index (χ2n) is 7.06. The standard InChI is InChI=1S/C22H31N.C2H6/c1-7-10-13-22(6,16(4)8-2)19-11-12-21-20(15-19)18(9-3)14-17(5)23-21;1-2/h7,11-12,14-16H,1,8-10,13H2,2-6H3;1-2H3. The van der Waals surface area contributed by atoms with Gasteiger partial charge in [0, 0.05) is 11.1 Å². The van der Waals surface area contributed by atoms with E-state index in [0.29, 0.717) is 5.92 Å². The molecule has 0 aliphatic carbocycles. The molecule has 0 saturated heterocycles. The lowest BCUT2D eigenvalue weighted by atomic mass is 9.68. The molecule has 138 valence electrons. The van der Waals surface area contributed by atoms with Gasteiger partial charge in [-0.1, -0.05) is 60.1 Å². The fourth-order valence-corrected chi connectivity index (χ4v) is 3.62. The maximum atomic E-state index is 4.72. The van der Waals surface area contributed by atoms with Crippen LogP contribution in [-0.4, -0.2) is 4.98 Å². The van der Waals surface area contributed by atoms with Gasteiger partial charge in [-0.3, -0.25) is 4.98 Å². The normalized spacial score (nSPS) is 14.4. The molecule has 1 aromatic carbocycles. The summed E-state index contributed by atoms with van der Waals surface area (Å²) >= 11 is 0. The molecule has 2 atom stereocenters. The maximum absolute atomic E-state index is 4.72. The molecule has 0 bridgehead atoms. The Balaban J connectivity index is 0.00000151. The Morgan fingerprint density at radius 2 is 1.88 bits per heavy atom. The van der Waals surface area contributed by atoms with E-state index in [1.807, 2.05) is 19.9 Å². The monoisotopic (exact) mass is 339 g/mol. The number of aryl methyl sites for hydroxylation is 2. The first-order chi connectivity index (χ1) is 12.0. The van der Waals surface area contributed by atoms with E-state index in [-0.39, 0.29) is 5.41 Å².